The Balaban J connectivity index is 0.00000169. The number of rotatable bonds is 10. The van der Waals surface area contributed by atoms with E-state index < -0.39 is 60.0 Å². The highest BCUT2D eigenvalue weighted by molar-refractivity contribution is 6.37. The van der Waals surface area contributed by atoms with Crippen LogP contribution in [-0.4, -0.2) is 70.6 Å². The molecule has 4 atom stereocenters. The van der Waals surface area contributed by atoms with Crippen LogP contribution < -0.4 is 21.7 Å². The average Bonchev–Trinajstić information content (AvgIpc) is 3.48. The lowest BCUT2D eigenvalue weighted by atomic mass is 9.76. The van der Waals surface area contributed by atoms with E-state index in [0.29, 0.717) is 12.8 Å². The number of alkyl halides is 2. The molecule has 3 aliphatic carbocycles. The van der Waals surface area contributed by atoms with Crippen LogP contribution in [0.4, 0.5) is 13.6 Å². The molecule has 5 N–H and O–H groups in total. The van der Waals surface area contributed by atoms with Crippen LogP contribution in [0.2, 0.25) is 0 Å². The fraction of sp³-hybridized carbons (Fsp3) is 0.844. The predicted molar refractivity (Wildman–Crippen MR) is 163 cm³/mol. The van der Waals surface area contributed by atoms with Gasteiger partial charge >= 0.3 is 6.03 Å². The van der Waals surface area contributed by atoms with Crippen LogP contribution in [0.25, 0.3) is 0 Å². The first-order valence-electron chi connectivity index (χ1n) is 16.7. The van der Waals surface area contributed by atoms with Gasteiger partial charge in [-0.25, -0.2) is 13.6 Å². The second kappa shape index (κ2) is 16.0. The van der Waals surface area contributed by atoms with Gasteiger partial charge in [0.15, 0.2) is 0 Å². The van der Waals surface area contributed by atoms with Gasteiger partial charge in [-0.15, -0.1) is 0 Å². The molecule has 1 saturated heterocycles. The number of nitrogens with zero attached hydrogens (tertiary/aromatic N) is 1. The minimum atomic E-state index is -2.97. The van der Waals surface area contributed by atoms with Gasteiger partial charge in [0.1, 0.15) is 12.1 Å². The van der Waals surface area contributed by atoms with E-state index >= 15 is 0 Å². The maximum absolute atomic E-state index is 14.0. The number of urea groups is 1. The third kappa shape index (κ3) is 9.36. The van der Waals surface area contributed by atoms with Crippen LogP contribution in [0.3, 0.4) is 0 Å². The molecule has 4 unspecified atom stereocenters. The average molecular weight is 626 g/mol. The molecule has 250 valence electrons. The quantitative estimate of drug-likeness (QED) is 0.267. The van der Waals surface area contributed by atoms with Gasteiger partial charge in [0.2, 0.25) is 17.6 Å². The number of halogens is 2. The lowest BCUT2D eigenvalue weighted by Crippen LogP contribution is -2.60. The molecule has 12 heteroatoms. The molecule has 4 aliphatic rings. The monoisotopic (exact) mass is 625 g/mol. The molecule has 1 aliphatic heterocycles. The Kier molecular flexibility index (Phi) is 13.0. The molecule has 4 rings (SSSR count). The summed E-state index contributed by atoms with van der Waals surface area (Å²) in [4.78, 5) is 66.0. The van der Waals surface area contributed by atoms with Crippen molar-refractivity contribution in [2.24, 2.45) is 17.6 Å². The highest BCUT2D eigenvalue weighted by Crippen LogP contribution is 2.46. The summed E-state index contributed by atoms with van der Waals surface area (Å²) in [5, 5.41) is 8.50. The van der Waals surface area contributed by atoms with Crippen molar-refractivity contribution in [1.29, 1.82) is 0 Å². The number of likely N-dealkylation sites (tertiary alicyclic amines) is 1. The Labute approximate surface area is 260 Å². The Morgan fingerprint density at radius 1 is 0.864 bits per heavy atom. The fourth-order valence-electron chi connectivity index (χ4n) is 7.05. The topological polar surface area (TPSA) is 151 Å². The Hall–Kier alpha value is -2.79. The number of primary amides is 1. The second-order valence-electron chi connectivity index (χ2n) is 13.5. The van der Waals surface area contributed by atoms with Gasteiger partial charge in [-0.2, -0.15) is 0 Å². The van der Waals surface area contributed by atoms with Crippen molar-refractivity contribution in [1.82, 2.24) is 20.9 Å². The van der Waals surface area contributed by atoms with Crippen molar-refractivity contribution in [2.45, 2.75) is 153 Å². The number of amides is 5. The van der Waals surface area contributed by atoms with E-state index in [-0.39, 0.29) is 36.8 Å². The molecule has 1 heterocycles. The first-order chi connectivity index (χ1) is 20.8. The van der Waals surface area contributed by atoms with Gasteiger partial charge in [-0.1, -0.05) is 58.8 Å². The van der Waals surface area contributed by atoms with E-state index in [4.69, 9.17) is 5.73 Å². The molecule has 10 nitrogen and oxygen atoms in total. The first kappa shape index (κ1) is 35.7. The number of hydrogen-bond acceptors (Lipinski definition) is 5. The highest BCUT2D eigenvalue weighted by atomic mass is 19.3. The molecule has 44 heavy (non-hydrogen) atoms. The van der Waals surface area contributed by atoms with Crippen molar-refractivity contribution in [2.75, 3.05) is 6.54 Å². The number of carbonyl (C=O) groups is 5. The molecule has 0 bridgehead atoms. The van der Waals surface area contributed by atoms with E-state index in [1.165, 1.54) is 11.3 Å². The summed E-state index contributed by atoms with van der Waals surface area (Å²) in [6, 6.07) is -3.64. The Morgan fingerprint density at radius 3 is 2.02 bits per heavy atom. The summed E-state index contributed by atoms with van der Waals surface area (Å²) in [7, 11) is 0. The van der Waals surface area contributed by atoms with Crippen LogP contribution >= 0.6 is 0 Å². The summed E-state index contributed by atoms with van der Waals surface area (Å²) >= 11 is 0. The minimum absolute atomic E-state index is 0.0736. The van der Waals surface area contributed by atoms with Gasteiger partial charge in [-0.05, 0) is 64.2 Å². The minimum Gasteiger partial charge on any atom is -0.363 e. The maximum atomic E-state index is 14.0. The van der Waals surface area contributed by atoms with Crippen LogP contribution in [0.1, 0.15) is 124 Å². The van der Waals surface area contributed by atoms with Crippen molar-refractivity contribution in [3.05, 3.63) is 0 Å². The molecular formula is C32H53F2N5O5. The van der Waals surface area contributed by atoms with Crippen molar-refractivity contribution in [3.8, 4) is 0 Å². The first-order valence-corrected chi connectivity index (χ1v) is 16.7. The highest BCUT2D eigenvalue weighted by Gasteiger charge is 2.50. The SMILES string of the molecule is CC1(NC(=O)NC(C(=O)N2CCCC2C(=O)NC(CC2CCC2(F)F)C(=O)C(N)=O)C2CCCCC2)CCCCC1.CCC. The van der Waals surface area contributed by atoms with Crippen LogP contribution in [0, 0.1) is 11.8 Å². The number of ketones is 1. The summed E-state index contributed by atoms with van der Waals surface area (Å²) < 4.78 is 27.9. The maximum Gasteiger partial charge on any atom is 0.315 e. The zero-order chi connectivity index (χ0) is 32.5. The lowest BCUT2D eigenvalue weighted by molar-refractivity contribution is -0.149. The second-order valence-corrected chi connectivity index (χ2v) is 13.5. The number of nitrogens with one attached hydrogen (secondary N) is 3. The Morgan fingerprint density at radius 2 is 1.48 bits per heavy atom. The van der Waals surface area contributed by atoms with Gasteiger partial charge in [0.25, 0.3) is 11.8 Å². The molecule has 0 aromatic heterocycles. The smallest absolute Gasteiger partial charge is 0.315 e. The van der Waals surface area contributed by atoms with E-state index in [0.717, 1.165) is 64.2 Å². The van der Waals surface area contributed by atoms with Crippen molar-refractivity contribution in [3.63, 3.8) is 0 Å². The summed E-state index contributed by atoms with van der Waals surface area (Å²) in [5.41, 5.74) is 4.82. The summed E-state index contributed by atoms with van der Waals surface area (Å²) in [6.07, 6.45) is 11.0. The van der Waals surface area contributed by atoms with Gasteiger partial charge in [0.05, 0.1) is 6.04 Å². The molecule has 0 spiro atoms. The van der Waals surface area contributed by atoms with E-state index in [9.17, 15) is 32.8 Å². The molecule has 0 aromatic rings. The van der Waals surface area contributed by atoms with Crippen LogP contribution in [-0.2, 0) is 19.2 Å². The number of Topliss-reactive ketones (excluding diaryl/α,β-unsaturated/α-hetero) is 1. The zero-order valence-electron chi connectivity index (χ0n) is 26.7. The molecule has 4 fully saturated rings. The molecule has 0 aromatic carbocycles. The van der Waals surface area contributed by atoms with Crippen LogP contribution in [0.15, 0.2) is 0 Å². The van der Waals surface area contributed by atoms with Gasteiger partial charge < -0.3 is 26.6 Å². The molecule has 3 saturated carbocycles. The standard InChI is InChI=1S/C29H45F2N5O5.C3H8/c1-28(13-6-3-7-14-28)35-27(41)34-22(18-9-4-2-5-10-18)26(40)36-16-8-11-21(36)25(39)33-20(23(37)24(32)38)17-19-12-15-29(19,30)31;1-3-2/h18-22H,2-17H2,1H3,(H2,32,38)(H,33,39)(H2,34,35,41);3H2,1-2H3. The third-order valence-electron chi connectivity index (χ3n) is 9.70. The van der Waals surface area contributed by atoms with Crippen molar-refractivity contribution < 1.29 is 32.8 Å². The van der Waals surface area contributed by atoms with Gasteiger partial charge in [0, 0.05) is 24.4 Å². The molecule has 0 radical (unpaired) electrons. The third-order valence-corrected chi connectivity index (χ3v) is 9.70. The number of hydrogen-bond donors (Lipinski definition) is 4. The predicted octanol–water partition coefficient (Wildman–Crippen LogP) is 4.34. The molecular weight excluding hydrogens is 572 g/mol. The molecule has 5 amide bonds. The normalized spacial score (nSPS) is 25.7. The van der Waals surface area contributed by atoms with Crippen molar-refractivity contribution >= 4 is 29.5 Å². The fourth-order valence-corrected chi connectivity index (χ4v) is 7.05. The Bertz CT molecular complexity index is 1030. The van der Waals surface area contributed by atoms with Crippen LogP contribution in [0.5, 0.6) is 0 Å². The van der Waals surface area contributed by atoms with Gasteiger partial charge in [-0.3, -0.25) is 19.2 Å². The summed E-state index contributed by atoms with van der Waals surface area (Å²) in [6.45, 7) is 6.56. The number of nitrogens with two attached hydrogens (primary N) is 1. The van der Waals surface area contributed by atoms with E-state index in [1.54, 1.807) is 0 Å². The largest absolute Gasteiger partial charge is 0.363 e. The summed E-state index contributed by atoms with van der Waals surface area (Å²) in [5.74, 6) is -7.66. The van der Waals surface area contributed by atoms with E-state index in [1.807, 2.05) is 6.92 Å². The lowest BCUT2D eigenvalue weighted by Gasteiger charge is -2.38. The van der Waals surface area contributed by atoms with E-state index in [2.05, 4.69) is 29.8 Å². The number of carbonyl (C=O) groups excluding carboxylic acids is 5. The zero-order valence-corrected chi connectivity index (χ0v) is 26.7.